The van der Waals surface area contributed by atoms with Crippen LogP contribution in [0.2, 0.25) is 0 Å². The van der Waals surface area contributed by atoms with Gasteiger partial charge in [0.05, 0.1) is 16.8 Å². The Morgan fingerprint density at radius 1 is 0.921 bits per heavy atom. The zero-order valence-electron chi connectivity index (χ0n) is 22.1. The molecule has 0 amide bonds. The summed E-state index contributed by atoms with van der Waals surface area (Å²) in [5, 5.41) is 0. The molecular formula is C31H34INO5. The van der Waals surface area contributed by atoms with E-state index in [2.05, 4.69) is 33.6 Å². The van der Waals surface area contributed by atoms with Crippen LogP contribution in [0.4, 0.5) is 0 Å². The van der Waals surface area contributed by atoms with E-state index in [9.17, 15) is 9.59 Å². The summed E-state index contributed by atoms with van der Waals surface area (Å²) in [6.07, 6.45) is 4.35. The minimum absolute atomic E-state index is 0.140. The van der Waals surface area contributed by atoms with Gasteiger partial charge in [-0.05, 0) is 78.5 Å². The quantitative estimate of drug-likeness (QED) is 0.303. The van der Waals surface area contributed by atoms with Gasteiger partial charge in [0.15, 0.2) is 23.1 Å². The highest BCUT2D eigenvalue weighted by Gasteiger charge is 2.43. The number of Topliss-reactive ketones (excluding diaryl/α,β-unsaturated/α-hetero) is 2. The van der Waals surface area contributed by atoms with Crippen molar-refractivity contribution < 1.29 is 23.8 Å². The Morgan fingerprint density at radius 3 is 2.18 bits per heavy atom. The number of rotatable bonds is 9. The van der Waals surface area contributed by atoms with E-state index in [0.717, 1.165) is 62.9 Å². The maximum Gasteiger partial charge on any atom is 0.174 e. The lowest BCUT2D eigenvalue weighted by Gasteiger charge is -2.44. The summed E-state index contributed by atoms with van der Waals surface area (Å²) >= 11 is 2.28. The predicted molar refractivity (Wildman–Crippen MR) is 154 cm³/mol. The molecule has 7 heteroatoms. The van der Waals surface area contributed by atoms with Gasteiger partial charge in [0.25, 0.3) is 0 Å². The monoisotopic (exact) mass is 627 g/mol. The van der Waals surface area contributed by atoms with Crippen LogP contribution in [0.1, 0.15) is 62.5 Å². The lowest BCUT2D eigenvalue weighted by Crippen LogP contribution is -2.40. The van der Waals surface area contributed by atoms with Crippen molar-refractivity contribution in [3.8, 4) is 11.5 Å². The molecule has 0 fully saturated rings. The lowest BCUT2D eigenvalue weighted by atomic mass is 9.71. The Morgan fingerprint density at radius 2 is 1.58 bits per heavy atom. The van der Waals surface area contributed by atoms with Gasteiger partial charge in [0.2, 0.25) is 0 Å². The van der Waals surface area contributed by atoms with E-state index in [1.807, 2.05) is 43.3 Å². The highest BCUT2D eigenvalue weighted by molar-refractivity contribution is 14.1. The molecule has 0 aromatic heterocycles. The summed E-state index contributed by atoms with van der Waals surface area (Å²) in [5.74, 6) is 1.23. The molecule has 38 heavy (non-hydrogen) atoms. The number of halogens is 1. The van der Waals surface area contributed by atoms with Gasteiger partial charge in [-0.15, -0.1) is 0 Å². The Bertz CT molecular complexity index is 1240. The smallest absolute Gasteiger partial charge is 0.174 e. The number of hydrogen-bond acceptors (Lipinski definition) is 6. The van der Waals surface area contributed by atoms with E-state index in [4.69, 9.17) is 14.2 Å². The minimum Gasteiger partial charge on any atom is -0.490 e. The molecule has 0 spiro atoms. The molecule has 2 aliphatic carbocycles. The first-order chi connectivity index (χ1) is 18.5. The molecule has 0 unspecified atom stereocenters. The summed E-state index contributed by atoms with van der Waals surface area (Å²) in [7, 11) is 1.69. The highest BCUT2D eigenvalue weighted by atomic mass is 127. The molecule has 0 radical (unpaired) electrons. The third kappa shape index (κ3) is 5.27. The van der Waals surface area contributed by atoms with Crippen molar-refractivity contribution in [1.82, 2.24) is 4.90 Å². The predicted octanol–water partition coefficient (Wildman–Crippen LogP) is 6.33. The molecule has 0 atom stereocenters. The maximum absolute atomic E-state index is 13.5. The zero-order chi connectivity index (χ0) is 26.6. The molecule has 1 aliphatic heterocycles. The molecule has 0 bridgehead atoms. The van der Waals surface area contributed by atoms with Crippen molar-refractivity contribution in [2.24, 2.45) is 0 Å². The van der Waals surface area contributed by atoms with Crippen LogP contribution in [-0.2, 0) is 20.9 Å². The van der Waals surface area contributed by atoms with Crippen LogP contribution in [0.25, 0.3) is 0 Å². The van der Waals surface area contributed by atoms with E-state index >= 15 is 0 Å². The van der Waals surface area contributed by atoms with E-state index in [0.29, 0.717) is 50.7 Å². The van der Waals surface area contributed by atoms with Gasteiger partial charge in [0.1, 0.15) is 6.61 Å². The molecular weight excluding hydrogens is 593 g/mol. The number of allylic oxidation sites excluding steroid dienone is 4. The van der Waals surface area contributed by atoms with Crippen molar-refractivity contribution in [2.45, 2.75) is 58.0 Å². The average Bonchev–Trinajstić information content (AvgIpc) is 2.92. The summed E-state index contributed by atoms with van der Waals surface area (Å²) in [4.78, 5) is 29.3. The second-order valence-electron chi connectivity index (χ2n) is 9.89. The van der Waals surface area contributed by atoms with Gasteiger partial charge in [-0.2, -0.15) is 0 Å². The molecule has 3 aliphatic rings. The van der Waals surface area contributed by atoms with Gasteiger partial charge in [0, 0.05) is 55.0 Å². The van der Waals surface area contributed by atoms with Crippen molar-refractivity contribution in [2.75, 3.05) is 26.9 Å². The molecule has 6 nitrogen and oxygen atoms in total. The zero-order valence-corrected chi connectivity index (χ0v) is 24.2. The maximum atomic E-state index is 13.5. The lowest BCUT2D eigenvalue weighted by molar-refractivity contribution is -0.117. The van der Waals surface area contributed by atoms with Crippen LogP contribution < -0.4 is 9.47 Å². The number of nitrogens with zero attached hydrogens (tertiary/aromatic N) is 1. The molecule has 0 saturated carbocycles. The van der Waals surface area contributed by atoms with Crippen molar-refractivity contribution in [1.29, 1.82) is 0 Å². The van der Waals surface area contributed by atoms with Crippen LogP contribution in [0.3, 0.4) is 0 Å². The van der Waals surface area contributed by atoms with Crippen LogP contribution in [0.15, 0.2) is 65.0 Å². The third-order valence-corrected chi connectivity index (χ3v) is 8.30. The first-order valence-corrected chi connectivity index (χ1v) is 14.5. The van der Waals surface area contributed by atoms with Gasteiger partial charge >= 0.3 is 0 Å². The Labute approximate surface area is 238 Å². The van der Waals surface area contributed by atoms with Gasteiger partial charge in [-0.1, -0.05) is 30.3 Å². The van der Waals surface area contributed by atoms with Crippen LogP contribution in [0, 0.1) is 3.57 Å². The van der Waals surface area contributed by atoms with E-state index in [1.54, 1.807) is 7.11 Å². The van der Waals surface area contributed by atoms with Gasteiger partial charge in [-0.25, -0.2) is 0 Å². The fourth-order valence-electron chi connectivity index (χ4n) is 5.89. The van der Waals surface area contributed by atoms with Gasteiger partial charge in [-0.3, -0.25) is 9.59 Å². The third-order valence-electron chi connectivity index (χ3n) is 7.50. The average molecular weight is 628 g/mol. The number of benzene rings is 2. The number of ether oxygens (including phenoxy) is 3. The molecule has 0 saturated heterocycles. The largest absolute Gasteiger partial charge is 0.490 e. The van der Waals surface area contributed by atoms with E-state index in [-0.39, 0.29) is 17.5 Å². The first kappa shape index (κ1) is 26.9. The normalized spacial score (nSPS) is 18.0. The number of methoxy groups -OCH3 is 1. The van der Waals surface area contributed by atoms with Crippen molar-refractivity contribution in [3.05, 3.63) is 79.7 Å². The van der Waals surface area contributed by atoms with Crippen molar-refractivity contribution in [3.63, 3.8) is 0 Å². The SMILES string of the molecule is CCOc1cc(C2C3=C(CCCC3=O)N(CCOC)C3=C2C(=O)CCC3)cc(I)c1OCc1ccccc1. The molecule has 1 heterocycles. The summed E-state index contributed by atoms with van der Waals surface area (Å²) < 4.78 is 18.6. The number of ketones is 2. The number of hydrogen-bond donors (Lipinski definition) is 0. The summed E-state index contributed by atoms with van der Waals surface area (Å²) in [5.41, 5.74) is 5.67. The molecule has 0 N–H and O–H groups in total. The van der Waals surface area contributed by atoms with Gasteiger partial charge < -0.3 is 19.1 Å². The van der Waals surface area contributed by atoms with E-state index in [1.165, 1.54) is 0 Å². The van der Waals surface area contributed by atoms with Crippen LogP contribution in [0.5, 0.6) is 11.5 Å². The Hall–Kier alpha value is -2.65. The van der Waals surface area contributed by atoms with E-state index < -0.39 is 0 Å². The number of carbonyl (C=O) groups excluding carboxylic acids is 2. The second kappa shape index (κ2) is 12.0. The Kier molecular flexibility index (Phi) is 8.53. The fraction of sp³-hybridized carbons (Fsp3) is 0.419. The Balaban J connectivity index is 1.61. The minimum atomic E-state index is -0.379. The van der Waals surface area contributed by atoms with Crippen LogP contribution >= 0.6 is 22.6 Å². The molecule has 2 aromatic rings. The van der Waals surface area contributed by atoms with Crippen molar-refractivity contribution >= 4 is 34.2 Å². The number of carbonyl (C=O) groups is 2. The summed E-state index contributed by atoms with van der Waals surface area (Å²) in [6, 6.07) is 14.1. The standard InChI is InChI=1S/C31H34INO5/c1-3-37-27-18-21(17-22(32)31(27)38-19-20-9-5-4-6-10-20)28-29-23(11-7-13-25(29)34)33(15-16-36-2)24-12-8-14-26(35)30(24)28/h4-6,9-10,17-18,28H,3,7-8,11-16,19H2,1-2H3. The molecule has 200 valence electrons. The highest BCUT2D eigenvalue weighted by Crippen LogP contribution is 2.50. The second-order valence-corrected chi connectivity index (χ2v) is 11.1. The molecule has 5 rings (SSSR count). The topological polar surface area (TPSA) is 65.1 Å². The summed E-state index contributed by atoms with van der Waals surface area (Å²) in [6.45, 7) is 4.05. The fourth-order valence-corrected chi connectivity index (χ4v) is 6.67. The first-order valence-electron chi connectivity index (χ1n) is 13.4. The van der Waals surface area contributed by atoms with Crippen LogP contribution in [-0.4, -0.2) is 43.3 Å². The molecule has 2 aromatic carbocycles.